The molecule has 8 heteroatoms. The molecule has 0 radical (unpaired) electrons. The van der Waals surface area contributed by atoms with Crippen LogP contribution < -0.4 is 0 Å². The number of non-ortho nitro benzene ring substituents is 1. The Bertz CT molecular complexity index is 976. The third-order valence-corrected chi connectivity index (χ3v) is 3.96. The van der Waals surface area contributed by atoms with Gasteiger partial charge in [0.05, 0.1) is 16.3 Å². The lowest BCUT2D eigenvalue weighted by Crippen LogP contribution is -2.07. The van der Waals surface area contributed by atoms with Crippen molar-refractivity contribution in [3.63, 3.8) is 0 Å². The van der Waals surface area contributed by atoms with E-state index in [-0.39, 0.29) is 11.4 Å². The van der Waals surface area contributed by atoms with Crippen LogP contribution in [0.4, 0.5) is 18.9 Å². The van der Waals surface area contributed by atoms with Gasteiger partial charge in [-0.1, -0.05) is 23.8 Å². The Morgan fingerprint density at radius 1 is 1.04 bits per heavy atom. The van der Waals surface area contributed by atoms with Crippen LogP contribution in [0.15, 0.2) is 48.5 Å². The molecule has 3 aromatic rings. The number of nitro benzene ring substituents is 1. The third kappa shape index (κ3) is 3.30. The van der Waals surface area contributed by atoms with Gasteiger partial charge in [0.25, 0.3) is 5.69 Å². The van der Waals surface area contributed by atoms with E-state index in [4.69, 9.17) is 0 Å². The van der Waals surface area contributed by atoms with Gasteiger partial charge in [0, 0.05) is 17.7 Å². The molecule has 5 nitrogen and oxygen atoms in total. The van der Waals surface area contributed by atoms with E-state index < -0.39 is 16.8 Å². The van der Waals surface area contributed by atoms with Crippen LogP contribution in [0.2, 0.25) is 0 Å². The van der Waals surface area contributed by atoms with Crippen LogP contribution in [0, 0.1) is 24.0 Å². The van der Waals surface area contributed by atoms with Crippen LogP contribution in [0.1, 0.15) is 16.8 Å². The van der Waals surface area contributed by atoms with E-state index in [9.17, 15) is 23.3 Å². The quantitative estimate of drug-likeness (QED) is 0.483. The average Bonchev–Trinajstić information content (AvgIpc) is 3.00. The fourth-order valence-corrected chi connectivity index (χ4v) is 2.72. The summed E-state index contributed by atoms with van der Waals surface area (Å²) >= 11 is 0. The Morgan fingerprint density at radius 3 is 2.23 bits per heavy atom. The number of benzene rings is 2. The van der Waals surface area contributed by atoms with E-state index >= 15 is 0 Å². The number of nitro groups is 1. The van der Waals surface area contributed by atoms with Gasteiger partial charge in [0.15, 0.2) is 5.69 Å². The Hall–Kier alpha value is -3.16. The van der Waals surface area contributed by atoms with Gasteiger partial charge in [-0.05, 0) is 37.6 Å². The second kappa shape index (κ2) is 6.29. The van der Waals surface area contributed by atoms with Crippen LogP contribution in [-0.2, 0) is 6.18 Å². The number of aryl methyl sites for hydroxylation is 2. The smallest absolute Gasteiger partial charge is 0.258 e. The molecule has 0 saturated carbocycles. The summed E-state index contributed by atoms with van der Waals surface area (Å²) < 4.78 is 40.7. The lowest BCUT2D eigenvalue weighted by molar-refractivity contribution is -0.384. The molecule has 26 heavy (non-hydrogen) atoms. The lowest BCUT2D eigenvalue weighted by Gasteiger charge is -2.10. The van der Waals surface area contributed by atoms with E-state index in [1.807, 2.05) is 26.0 Å². The zero-order chi connectivity index (χ0) is 19.1. The van der Waals surface area contributed by atoms with Gasteiger partial charge in [-0.3, -0.25) is 10.1 Å². The van der Waals surface area contributed by atoms with Crippen molar-refractivity contribution in [2.45, 2.75) is 20.0 Å². The maximum atomic E-state index is 13.2. The van der Waals surface area contributed by atoms with Crippen LogP contribution in [0.25, 0.3) is 16.9 Å². The monoisotopic (exact) mass is 361 g/mol. The van der Waals surface area contributed by atoms with Crippen LogP contribution >= 0.6 is 0 Å². The molecular formula is C18H14F3N3O2. The number of alkyl halides is 3. The lowest BCUT2D eigenvalue weighted by atomic mass is 10.0. The fourth-order valence-electron chi connectivity index (χ4n) is 2.72. The van der Waals surface area contributed by atoms with Gasteiger partial charge in [-0.25, -0.2) is 4.68 Å². The number of nitrogens with zero attached hydrogens (tertiary/aromatic N) is 3. The van der Waals surface area contributed by atoms with Crippen molar-refractivity contribution in [2.24, 2.45) is 0 Å². The second-order valence-corrected chi connectivity index (χ2v) is 5.92. The normalized spacial score (nSPS) is 11.6. The molecule has 0 aliphatic heterocycles. The predicted molar refractivity (Wildman–Crippen MR) is 90.1 cm³/mol. The van der Waals surface area contributed by atoms with Crippen molar-refractivity contribution in [1.82, 2.24) is 9.78 Å². The van der Waals surface area contributed by atoms with Crippen molar-refractivity contribution >= 4 is 5.69 Å². The van der Waals surface area contributed by atoms with E-state index in [0.29, 0.717) is 11.3 Å². The topological polar surface area (TPSA) is 61.0 Å². The molecule has 0 atom stereocenters. The Labute approximate surface area is 146 Å². The highest BCUT2D eigenvalue weighted by atomic mass is 19.4. The molecule has 0 amide bonds. The largest absolute Gasteiger partial charge is 0.435 e. The molecule has 2 aromatic carbocycles. The predicted octanol–water partition coefficient (Wildman–Crippen LogP) is 5.08. The number of rotatable bonds is 3. The van der Waals surface area contributed by atoms with E-state index in [0.717, 1.165) is 21.9 Å². The molecule has 134 valence electrons. The minimum absolute atomic E-state index is 0.148. The van der Waals surface area contributed by atoms with Gasteiger partial charge >= 0.3 is 6.18 Å². The second-order valence-electron chi connectivity index (χ2n) is 5.92. The SMILES string of the molecule is Cc1ccc(-c2cc(C(F)(F)F)nn2-c2ccc([N+](=O)[O-])cc2)c(C)c1. The maximum absolute atomic E-state index is 13.2. The molecule has 0 N–H and O–H groups in total. The van der Waals surface area contributed by atoms with Gasteiger partial charge in [0.1, 0.15) is 0 Å². The summed E-state index contributed by atoms with van der Waals surface area (Å²) in [6.45, 7) is 3.70. The third-order valence-electron chi connectivity index (χ3n) is 3.96. The molecule has 1 aromatic heterocycles. The van der Waals surface area contributed by atoms with Gasteiger partial charge in [0.2, 0.25) is 0 Å². The summed E-state index contributed by atoms with van der Waals surface area (Å²) in [7, 11) is 0. The van der Waals surface area contributed by atoms with E-state index in [2.05, 4.69) is 5.10 Å². The van der Waals surface area contributed by atoms with E-state index in [1.54, 1.807) is 6.07 Å². The highest BCUT2D eigenvalue weighted by Gasteiger charge is 2.35. The Balaban J connectivity index is 2.20. The zero-order valence-corrected chi connectivity index (χ0v) is 13.9. The standard InChI is InChI=1S/C18H14F3N3O2/c1-11-3-8-15(12(2)9-11)16-10-17(18(19,20)21)22-23(16)13-4-6-14(7-5-13)24(25)26/h3-10H,1-2H3. The molecule has 0 spiro atoms. The summed E-state index contributed by atoms with van der Waals surface area (Å²) in [5, 5.41) is 14.5. The van der Waals surface area contributed by atoms with Gasteiger partial charge in [-0.15, -0.1) is 0 Å². The first kappa shape index (κ1) is 17.7. The first-order valence-corrected chi connectivity index (χ1v) is 7.66. The molecule has 0 saturated heterocycles. The molecule has 0 fully saturated rings. The minimum atomic E-state index is -4.60. The van der Waals surface area contributed by atoms with Crippen molar-refractivity contribution in [1.29, 1.82) is 0 Å². The summed E-state index contributed by atoms with van der Waals surface area (Å²) in [5.41, 5.74) is 1.81. The fraction of sp³-hybridized carbons (Fsp3) is 0.167. The Morgan fingerprint density at radius 2 is 1.69 bits per heavy atom. The minimum Gasteiger partial charge on any atom is -0.258 e. The number of aromatic nitrogens is 2. The summed E-state index contributed by atoms with van der Waals surface area (Å²) in [6, 6.07) is 11.6. The summed E-state index contributed by atoms with van der Waals surface area (Å²) in [6.07, 6.45) is -4.60. The molecule has 1 heterocycles. The van der Waals surface area contributed by atoms with Crippen molar-refractivity contribution in [3.05, 3.63) is 75.5 Å². The average molecular weight is 361 g/mol. The number of hydrogen-bond donors (Lipinski definition) is 0. The van der Waals surface area contributed by atoms with Crippen LogP contribution in [0.5, 0.6) is 0 Å². The highest BCUT2D eigenvalue weighted by molar-refractivity contribution is 5.67. The first-order valence-electron chi connectivity index (χ1n) is 7.66. The highest BCUT2D eigenvalue weighted by Crippen LogP contribution is 2.34. The van der Waals surface area contributed by atoms with Gasteiger partial charge in [-0.2, -0.15) is 18.3 Å². The van der Waals surface area contributed by atoms with Crippen molar-refractivity contribution < 1.29 is 18.1 Å². The maximum Gasteiger partial charge on any atom is 0.435 e. The molecule has 3 rings (SSSR count). The van der Waals surface area contributed by atoms with Crippen molar-refractivity contribution in [3.8, 4) is 16.9 Å². The molecular weight excluding hydrogens is 347 g/mol. The number of hydrogen-bond acceptors (Lipinski definition) is 3. The Kier molecular flexibility index (Phi) is 4.27. The summed E-state index contributed by atoms with van der Waals surface area (Å²) in [4.78, 5) is 10.2. The van der Waals surface area contributed by atoms with Crippen LogP contribution in [-0.4, -0.2) is 14.7 Å². The van der Waals surface area contributed by atoms with Crippen LogP contribution in [0.3, 0.4) is 0 Å². The van der Waals surface area contributed by atoms with E-state index in [1.165, 1.54) is 24.3 Å². The first-order chi connectivity index (χ1) is 12.2. The molecule has 0 aliphatic carbocycles. The van der Waals surface area contributed by atoms with Crippen molar-refractivity contribution in [2.75, 3.05) is 0 Å². The molecule has 0 unspecified atom stereocenters. The number of halogens is 3. The zero-order valence-electron chi connectivity index (χ0n) is 13.9. The summed E-state index contributed by atoms with van der Waals surface area (Å²) in [5.74, 6) is 0. The molecule has 0 aliphatic rings. The van der Waals surface area contributed by atoms with Gasteiger partial charge < -0.3 is 0 Å². The molecule has 0 bridgehead atoms.